The third kappa shape index (κ3) is 3.86. The molecule has 0 amide bonds. The maximum absolute atomic E-state index is 13.4. The molecule has 0 spiro atoms. The van der Waals surface area contributed by atoms with Crippen LogP contribution in [0.25, 0.3) is 33.5 Å². The average molecular weight is 403 g/mol. The monoisotopic (exact) mass is 402 g/mol. The minimum absolute atomic E-state index is 0.119. The molecule has 0 bridgehead atoms. The Morgan fingerprint density at radius 3 is 1.90 bits per heavy atom. The highest BCUT2D eigenvalue weighted by Gasteiger charge is 2.21. The van der Waals surface area contributed by atoms with E-state index in [0.29, 0.717) is 16.3 Å². The molecule has 144 valence electrons. The van der Waals surface area contributed by atoms with Crippen molar-refractivity contribution in [2.24, 2.45) is 0 Å². The summed E-state index contributed by atoms with van der Waals surface area (Å²) < 4.78 is 1.33. The molecule has 1 N–H and O–H groups in total. The number of rotatable bonds is 5. The summed E-state index contributed by atoms with van der Waals surface area (Å²) in [6.45, 7) is -0.0554. The van der Waals surface area contributed by atoms with Gasteiger partial charge in [0.25, 0.3) is 5.56 Å². The number of hydrogen-bond acceptors (Lipinski definition) is 3. The van der Waals surface area contributed by atoms with Crippen LogP contribution >= 0.6 is 11.6 Å². The molecule has 3 aromatic carbocycles. The molecule has 0 saturated heterocycles. The Hall–Kier alpha value is -3.21. The first-order valence-electron chi connectivity index (χ1n) is 9.32. The predicted molar refractivity (Wildman–Crippen MR) is 117 cm³/mol. The van der Waals surface area contributed by atoms with Crippen LogP contribution in [0.1, 0.15) is 0 Å². The van der Waals surface area contributed by atoms with Gasteiger partial charge in [0.15, 0.2) is 0 Å². The van der Waals surface area contributed by atoms with Gasteiger partial charge in [0.1, 0.15) is 0 Å². The summed E-state index contributed by atoms with van der Waals surface area (Å²) in [5.41, 5.74) is 4.29. The van der Waals surface area contributed by atoms with Crippen LogP contribution in [0.3, 0.4) is 0 Å². The van der Waals surface area contributed by atoms with E-state index in [0.717, 1.165) is 22.3 Å². The highest BCUT2D eigenvalue weighted by molar-refractivity contribution is 6.30. The molecule has 0 aliphatic carbocycles. The first-order valence-corrected chi connectivity index (χ1v) is 9.69. The van der Waals surface area contributed by atoms with Crippen LogP contribution in [0.2, 0.25) is 5.02 Å². The van der Waals surface area contributed by atoms with Crippen LogP contribution in [-0.2, 0) is 6.54 Å². The van der Waals surface area contributed by atoms with Gasteiger partial charge in [-0.05, 0) is 23.3 Å². The summed E-state index contributed by atoms with van der Waals surface area (Å²) in [5, 5.41) is 14.7. The lowest BCUT2D eigenvalue weighted by Gasteiger charge is -2.17. The molecule has 0 radical (unpaired) electrons. The lowest BCUT2D eigenvalue weighted by molar-refractivity contribution is 0.266. The molecular weight excluding hydrogens is 384 g/mol. The van der Waals surface area contributed by atoms with E-state index in [9.17, 15) is 9.90 Å². The third-order valence-corrected chi connectivity index (χ3v) is 4.96. The van der Waals surface area contributed by atoms with Crippen LogP contribution in [0, 0.1) is 0 Å². The van der Waals surface area contributed by atoms with E-state index < -0.39 is 0 Å². The van der Waals surface area contributed by atoms with Gasteiger partial charge in [-0.25, -0.2) is 4.68 Å². The fourth-order valence-electron chi connectivity index (χ4n) is 3.39. The lowest BCUT2D eigenvalue weighted by Crippen LogP contribution is -2.27. The molecule has 0 atom stereocenters. The highest BCUT2D eigenvalue weighted by Crippen LogP contribution is 2.36. The predicted octanol–water partition coefficient (Wildman–Crippen LogP) is 4.89. The quantitative estimate of drug-likeness (QED) is 0.517. The normalized spacial score (nSPS) is 10.8. The second-order valence-corrected chi connectivity index (χ2v) is 7.03. The van der Waals surface area contributed by atoms with Crippen molar-refractivity contribution in [1.29, 1.82) is 0 Å². The number of hydrogen-bond donors (Lipinski definition) is 1. The molecular formula is C24H19ClN2O2. The summed E-state index contributed by atoms with van der Waals surface area (Å²) in [4.78, 5) is 13.4. The molecule has 4 aromatic rings. The van der Waals surface area contributed by atoms with E-state index in [2.05, 4.69) is 5.10 Å². The van der Waals surface area contributed by atoms with E-state index in [1.165, 1.54) is 4.68 Å². The van der Waals surface area contributed by atoms with Gasteiger partial charge in [0.2, 0.25) is 0 Å². The third-order valence-electron chi connectivity index (χ3n) is 4.71. The standard InChI is InChI=1S/C24H19ClN2O2/c25-20-13-11-18(12-14-20)22-21(17-7-3-1-4-8-17)23(19-9-5-2-6-10-19)26-27(15-16-28)24(22)29/h1-14,28H,15-16H2. The molecule has 4 rings (SSSR count). The van der Waals surface area contributed by atoms with Gasteiger partial charge in [-0.2, -0.15) is 5.10 Å². The van der Waals surface area contributed by atoms with E-state index >= 15 is 0 Å². The van der Waals surface area contributed by atoms with E-state index in [-0.39, 0.29) is 18.7 Å². The molecule has 0 fully saturated rings. The Labute approximate surface area is 173 Å². The molecule has 29 heavy (non-hydrogen) atoms. The second kappa shape index (κ2) is 8.43. The highest BCUT2D eigenvalue weighted by atomic mass is 35.5. The zero-order chi connectivity index (χ0) is 20.2. The van der Waals surface area contributed by atoms with Crippen molar-refractivity contribution in [1.82, 2.24) is 9.78 Å². The van der Waals surface area contributed by atoms with Crippen molar-refractivity contribution >= 4 is 11.6 Å². The van der Waals surface area contributed by atoms with Gasteiger partial charge in [-0.1, -0.05) is 84.4 Å². The fraction of sp³-hybridized carbons (Fsp3) is 0.0833. The number of halogens is 1. The van der Waals surface area contributed by atoms with Gasteiger partial charge >= 0.3 is 0 Å². The smallest absolute Gasteiger partial charge is 0.275 e. The molecule has 5 heteroatoms. The van der Waals surface area contributed by atoms with Gasteiger partial charge in [-0.15, -0.1) is 0 Å². The molecule has 1 heterocycles. The number of nitrogens with zero attached hydrogens (tertiary/aromatic N) is 2. The summed E-state index contributed by atoms with van der Waals surface area (Å²) in [5.74, 6) is 0. The topological polar surface area (TPSA) is 55.1 Å². The Morgan fingerprint density at radius 1 is 0.759 bits per heavy atom. The Balaban J connectivity index is 2.13. The summed E-state index contributed by atoms with van der Waals surface area (Å²) in [6, 6.07) is 26.7. The number of benzene rings is 3. The van der Waals surface area contributed by atoms with Gasteiger partial charge in [-0.3, -0.25) is 4.79 Å². The molecule has 1 aromatic heterocycles. The Kier molecular flexibility index (Phi) is 5.56. The molecule has 4 nitrogen and oxygen atoms in total. The van der Waals surface area contributed by atoms with Crippen molar-refractivity contribution in [2.45, 2.75) is 6.54 Å². The Morgan fingerprint density at radius 2 is 1.31 bits per heavy atom. The van der Waals surface area contributed by atoms with Crippen molar-refractivity contribution in [3.8, 4) is 33.5 Å². The molecule has 0 aliphatic rings. The number of aliphatic hydroxyl groups is 1. The van der Waals surface area contributed by atoms with Crippen molar-refractivity contribution < 1.29 is 5.11 Å². The van der Waals surface area contributed by atoms with Crippen molar-refractivity contribution in [3.05, 3.63) is 100 Å². The molecule has 0 aliphatic heterocycles. The lowest BCUT2D eigenvalue weighted by atomic mass is 9.92. The zero-order valence-corrected chi connectivity index (χ0v) is 16.4. The minimum Gasteiger partial charge on any atom is -0.394 e. The zero-order valence-electron chi connectivity index (χ0n) is 15.6. The van der Waals surface area contributed by atoms with Gasteiger partial charge in [0, 0.05) is 16.1 Å². The number of aromatic nitrogens is 2. The first kappa shape index (κ1) is 19.1. The van der Waals surface area contributed by atoms with Gasteiger partial charge < -0.3 is 5.11 Å². The summed E-state index contributed by atoms with van der Waals surface area (Å²) in [7, 11) is 0. The number of aliphatic hydroxyl groups excluding tert-OH is 1. The van der Waals surface area contributed by atoms with Crippen LogP contribution < -0.4 is 5.56 Å². The van der Waals surface area contributed by atoms with Crippen LogP contribution in [0.15, 0.2) is 89.7 Å². The summed E-state index contributed by atoms with van der Waals surface area (Å²) in [6.07, 6.45) is 0. The van der Waals surface area contributed by atoms with E-state index in [1.807, 2.05) is 72.8 Å². The minimum atomic E-state index is -0.250. The maximum Gasteiger partial charge on any atom is 0.275 e. The SMILES string of the molecule is O=c1c(-c2ccc(Cl)cc2)c(-c2ccccc2)c(-c2ccccc2)nn1CCO. The maximum atomic E-state index is 13.4. The first-order chi connectivity index (χ1) is 14.2. The van der Waals surface area contributed by atoms with Crippen LogP contribution in [0.5, 0.6) is 0 Å². The Bertz CT molecular complexity index is 1170. The van der Waals surface area contributed by atoms with Crippen LogP contribution in [-0.4, -0.2) is 21.5 Å². The average Bonchev–Trinajstić information content (AvgIpc) is 2.77. The van der Waals surface area contributed by atoms with Gasteiger partial charge in [0.05, 0.1) is 24.4 Å². The van der Waals surface area contributed by atoms with Crippen molar-refractivity contribution in [2.75, 3.05) is 6.61 Å². The van der Waals surface area contributed by atoms with Crippen LogP contribution in [0.4, 0.5) is 0 Å². The van der Waals surface area contributed by atoms with Crippen molar-refractivity contribution in [3.63, 3.8) is 0 Å². The summed E-state index contributed by atoms with van der Waals surface area (Å²) >= 11 is 6.08. The molecule has 0 saturated carbocycles. The van der Waals surface area contributed by atoms with E-state index in [1.54, 1.807) is 12.1 Å². The second-order valence-electron chi connectivity index (χ2n) is 6.59. The molecule has 0 unspecified atom stereocenters. The fourth-order valence-corrected chi connectivity index (χ4v) is 3.51. The van der Waals surface area contributed by atoms with E-state index in [4.69, 9.17) is 11.6 Å². The largest absolute Gasteiger partial charge is 0.394 e.